The maximum atomic E-state index is 10.2. The number of aliphatic hydroxyl groups excluding tert-OH is 4. The second-order valence-corrected chi connectivity index (χ2v) is 7.55. The van der Waals surface area contributed by atoms with Crippen molar-refractivity contribution >= 4 is 0 Å². The zero-order valence-electron chi connectivity index (χ0n) is 15.9. The van der Waals surface area contributed by atoms with Gasteiger partial charge in [0.25, 0.3) is 0 Å². The largest absolute Gasteiger partial charge is 0.393 e. The van der Waals surface area contributed by atoms with Crippen molar-refractivity contribution in [2.24, 2.45) is 11.8 Å². The second-order valence-electron chi connectivity index (χ2n) is 7.55. The van der Waals surface area contributed by atoms with E-state index in [0.717, 1.165) is 51.4 Å². The topological polar surface area (TPSA) is 80.9 Å². The number of allylic oxidation sites excluding steroid dienone is 2. The van der Waals surface area contributed by atoms with Crippen molar-refractivity contribution in [1.82, 2.24) is 0 Å². The van der Waals surface area contributed by atoms with Gasteiger partial charge in [-0.25, -0.2) is 0 Å². The van der Waals surface area contributed by atoms with Gasteiger partial charge in [0.1, 0.15) is 0 Å². The van der Waals surface area contributed by atoms with E-state index in [0.29, 0.717) is 6.42 Å². The van der Waals surface area contributed by atoms with E-state index >= 15 is 0 Å². The van der Waals surface area contributed by atoms with Gasteiger partial charge in [-0.15, -0.1) is 0 Å². The lowest BCUT2D eigenvalue weighted by Crippen LogP contribution is -2.20. The highest BCUT2D eigenvalue weighted by Crippen LogP contribution is 2.36. The Labute approximate surface area is 153 Å². The molecule has 1 rings (SSSR count). The van der Waals surface area contributed by atoms with Crippen molar-refractivity contribution in [3.8, 4) is 0 Å². The highest BCUT2D eigenvalue weighted by Gasteiger charge is 2.39. The summed E-state index contributed by atoms with van der Waals surface area (Å²) in [5, 5.41) is 39.7. The molecule has 1 saturated carbocycles. The molecular formula is C21H38O4. The van der Waals surface area contributed by atoms with E-state index in [4.69, 9.17) is 0 Å². The Morgan fingerprint density at radius 2 is 1.76 bits per heavy atom. The lowest BCUT2D eigenvalue weighted by atomic mass is 9.89. The van der Waals surface area contributed by atoms with Gasteiger partial charge in [0.15, 0.2) is 0 Å². The third kappa shape index (κ3) is 9.00. The predicted molar refractivity (Wildman–Crippen MR) is 102 cm³/mol. The molecule has 4 N–H and O–H groups in total. The Bertz CT molecular complexity index is 391. The van der Waals surface area contributed by atoms with Crippen LogP contribution in [0.4, 0.5) is 0 Å². The van der Waals surface area contributed by atoms with Gasteiger partial charge in [-0.3, -0.25) is 0 Å². The summed E-state index contributed by atoms with van der Waals surface area (Å²) in [6, 6.07) is 0. The van der Waals surface area contributed by atoms with Crippen molar-refractivity contribution in [1.29, 1.82) is 0 Å². The Hall–Kier alpha value is -0.680. The summed E-state index contributed by atoms with van der Waals surface area (Å²) >= 11 is 0. The highest BCUT2D eigenvalue weighted by molar-refractivity contribution is 5.06. The maximum Gasteiger partial charge on any atom is 0.0721 e. The van der Waals surface area contributed by atoms with Crippen LogP contribution in [0.1, 0.15) is 71.6 Å². The molecule has 0 aliphatic heterocycles. The van der Waals surface area contributed by atoms with Crippen molar-refractivity contribution in [2.75, 3.05) is 0 Å². The zero-order chi connectivity index (χ0) is 18.7. The van der Waals surface area contributed by atoms with Crippen LogP contribution in [-0.2, 0) is 0 Å². The van der Waals surface area contributed by atoms with Crippen LogP contribution in [-0.4, -0.2) is 44.8 Å². The minimum absolute atomic E-state index is 0.00195. The van der Waals surface area contributed by atoms with Crippen molar-refractivity contribution in [3.05, 3.63) is 24.3 Å². The third-order valence-corrected chi connectivity index (χ3v) is 5.14. The van der Waals surface area contributed by atoms with Crippen LogP contribution in [0, 0.1) is 11.8 Å². The molecule has 0 amide bonds. The van der Waals surface area contributed by atoms with Crippen molar-refractivity contribution in [2.45, 2.75) is 96.1 Å². The van der Waals surface area contributed by atoms with E-state index in [-0.39, 0.29) is 17.9 Å². The standard InChI is InChI=1S/C21H38O4/c1-3-4-7-11-17(23)13-14-19-18(20(24)15-21(19)25)12-9-6-5-8-10-16(2)22/h6,9,13-14,16-25H,3-5,7-8,10-12,15H2,1-2H3/b9-6-,14-13+/t16?,17-,18+,19+,20?,21+/m0/s1. The van der Waals surface area contributed by atoms with Crippen LogP contribution in [0.2, 0.25) is 0 Å². The zero-order valence-corrected chi connectivity index (χ0v) is 15.9. The van der Waals surface area contributed by atoms with Crippen LogP contribution < -0.4 is 0 Å². The molecule has 0 aromatic heterocycles. The van der Waals surface area contributed by atoms with Gasteiger partial charge in [-0.1, -0.05) is 50.5 Å². The minimum Gasteiger partial charge on any atom is -0.393 e. The molecular weight excluding hydrogens is 316 g/mol. The molecule has 1 fully saturated rings. The molecule has 0 aromatic rings. The number of hydrogen-bond acceptors (Lipinski definition) is 4. The molecule has 4 heteroatoms. The monoisotopic (exact) mass is 354 g/mol. The van der Waals surface area contributed by atoms with E-state index in [1.54, 1.807) is 13.0 Å². The average molecular weight is 355 g/mol. The van der Waals surface area contributed by atoms with Gasteiger partial charge in [-0.05, 0) is 44.9 Å². The maximum absolute atomic E-state index is 10.2. The molecule has 25 heavy (non-hydrogen) atoms. The molecule has 4 nitrogen and oxygen atoms in total. The fourth-order valence-electron chi connectivity index (χ4n) is 3.56. The first-order valence-electron chi connectivity index (χ1n) is 10.0. The van der Waals surface area contributed by atoms with Gasteiger partial charge >= 0.3 is 0 Å². The first-order chi connectivity index (χ1) is 12.0. The van der Waals surface area contributed by atoms with Gasteiger partial charge < -0.3 is 20.4 Å². The normalized spacial score (nSPS) is 29.7. The fourth-order valence-corrected chi connectivity index (χ4v) is 3.56. The smallest absolute Gasteiger partial charge is 0.0721 e. The molecule has 0 heterocycles. The Morgan fingerprint density at radius 3 is 2.44 bits per heavy atom. The molecule has 0 aromatic carbocycles. The van der Waals surface area contributed by atoms with Gasteiger partial charge in [0.2, 0.25) is 0 Å². The third-order valence-electron chi connectivity index (χ3n) is 5.14. The minimum atomic E-state index is -0.539. The van der Waals surface area contributed by atoms with E-state index in [1.807, 2.05) is 6.08 Å². The molecule has 1 aliphatic rings. The first kappa shape index (κ1) is 22.4. The number of hydrogen-bond donors (Lipinski definition) is 4. The van der Waals surface area contributed by atoms with Crippen LogP contribution >= 0.6 is 0 Å². The SMILES string of the molecule is CCCCC[C@H](O)/C=C/[C@H]1[C@H](O)CC(O)[C@@H]1C/C=C\CCCC(C)O. The number of rotatable bonds is 12. The summed E-state index contributed by atoms with van der Waals surface area (Å²) in [5.74, 6) is -0.0972. The molecule has 2 unspecified atom stereocenters. The van der Waals surface area contributed by atoms with Crippen molar-refractivity contribution in [3.63, 3.8) is 0 Å². The van der Waals surface area contributed by atoms with Gasteiger partial charge in [0.05, 0.1) is 24.4 Å². The summed E-state index contributed by atoms with van der Waals surface area (Å²) in [7, 11) is 0. The van der Waals surface area contributed by atoms with E-state index in [9.17, 15) is 20.4 Å². The summed E-state index contributed by atoms with van der Waals surface area (Å²) in [6.07, 6.45) is 14.0. The second kappa shape index (κ2) is 12.6. The summed E-state index contributed by atoms with van der Waals surface area (Å²) in [4.78, 5) is 0. The Balaban J connectivity index is 2.45. The van der Waals surface area contributed by atoms with Crippen LogP contribution in [0.15, 0.2) is 24.3 Å². The van der Waals surface area contributed by atoms with Gasteiger partial charge in [0, 0.05) is 12.3 Å². The Kier molecular flexibility index (Phi) is 11.3. The Morgan fingerprint density at radius 1 is 1.00 bits per heavy atom. The lowest BCUT2D eigenvalue weighted by Gasteiger charge is -2.19. The lowest BCUT2D eigenvalue weighted by molar-refractivity contribution is 0.120. The van der Waals surface area contributed by atoms with E-state index in [1.165, 1.54) is 0 Å². The average Bonchev–Trinajstić information content (AvgIpc) is 2.82. The summed E-state index contributed by atoms with van der Waals surface area (Å²) in [6.45, 7) is 3.94. The van der Waals surface area contributed by atoms with Crippen molar-refractivity contribution < 1.29 is 20.4 Å². The number of unbranched alkanes of at least 4 members (excludes halogenated alkanes) is 3. The fraction of sp³-hybridized carbons (Fsp3) is 0.810. The summed E-state index contributed by atoms with van der Waals surface area (Å²) < 4.78 is 0. The molecule has 1 aliphatic carbocycles. The molecule has 0 radical (unpaired) electrons. The first-order valence-corrected chi connectivity index (χ1v) is 10.0. The van der Waals surface area contributed by atoms with E-state index < -0.39 is 18.3 Å². The molecule has 146 valence electrons. The van der Waals surface area contributed by atoms with Crippen LogP contribution in [0.25, 0.3) is 0 Å². The van der Waals surface area contributed by atoms with E-state index in [2.05, 4.69) is 19.1 Å². The summed E-state index contributed by atoms with van der Waals surface area (Å²) in [5.41, 5.74) is 0. The van der Waals surface area contributed by atoms with Gasteiger partial charge in [-0.2, -0.15) is 0 Å². The van der Waals surface area contributed by atoms with Crippen LogP contribution in [0.5, 0.6) is 0 Å². The molecule has 0 bridgehead atoms. The molecule has 6 atom stereocenters. The quantitative estimate of drug-likeness (QED) is 0.320. The highest BCUT2D eigenvalue weighted by atomic mass is 16.3. The van der Waals surface area contributed by atoms with Crippen LogP contribution in [0.3, 0.4) is 0 Å². The number of aliphatic hydroxyl groups is 4. The molecule has 0 spiro atoms. The predicted octanol–water partition coefficient (Wildman–Crippen LogP) is 3.34. The molecule has 0 saturated heterocycles.